The number of hydroxylamine groups is 1. The third-order valence-corrected chi connectivity index (χ3v) is 4.10. The van der Waals surface area contributed by atoms with Crippen LogP contribution < -0.4 is 10.4 Å². The summed E-state index contributed by atoms with van der Waals surface area (Å²) >= 11 is 0. The van der Waals surface area contributed by atoms with Crippen LogP contribution in [0.3, 0.4) is 0 Å². The van der Waals surface area contributed by atoms with Crippen molar-refractivity contribution < 1.29 is 41.5 Å². The van der Waals surface area contributed by atoms with E-state index >= 15 is 0 Å². The van der Waals surface area contributed by atoms with Gasteiger partial charge in [-0.15, -0.1) is 0 Å². The summed E-state index contributed by atoms with van der Waals surface area (Å²) in [4.78, 5) is 31.5. The molecule has 2 N–H and O–H groups in total. The fourth-order valence-electron chi connectivity index (χ4n) is 2.80. The summed E-state index contributed by atoms with van der Waals surface area (Å²) in [6.07, 6.45) is -7.08. The van der Waals surface area contributed by atoms with Crippen molar-refractivity contribution in [1.29, 1.82) is 0 Å². The summed E-state index contributed by atoms with van der Waals surface area (Å²) in [5.74, 6) is -4.45. The molecule has 0 spiro atoms. The molecule has 1 amide bonds. The Morgan fingerprint density at radius 2 is 1.96 bits per heavy atom. The number of rotatable bonds is 2. The second kappa shape index (κ2) is 7.53. The number of nitrogens with one attached hydrogen (secondary N) is 1. The number of pyridine rings is 1. The summed E-state index contributed by atoms with van der Waals surface area (Å²) < 4.78 is 66.5. The fourth-order valence-corrected chi connectivity index (χ4v) is 2.80. The van der Waals surface area contributed by atoms with Crippen LogP contribution in [0.1, 0.15) is 40.7 Å². The highest BCUT2D eigenvalue weighted by molar-refractivity contribution is 6.00. The maximum absolute atomic E-state index is 13.6. The van der Waals surface area contributed by atoms with Crippen molar-refractivity contribution in [2.75, 3.05) is 18.0 Å². The SMILES string of the molecule is Cc1c(C(F)(F)F)cnc(N2CCCC(F)(F)CC2)c1C(=O)NOC(=O)O. The van der Waals surface area contributed by atoms with Crippen LogP contribution in [-0.4, -0.2) is 41.2 Å². The highest BCUT2D eigenvalue weighted by atomic mass is 19.4. The number of amides is 1. The summed E-state index contributed by atoms with van der Waals surface area (Å²) in [5, 5.41) is 8.45. The number of aromatic nitrogens is 1. The smallest absolute Gasteiger partial charge is 0.448 e. The standard InChI is InChI=1S/C15H16F5N3O4/c1-8-9(15(18,19)20)7-21-11(10(8)12(24)22-27-13(25)26)23-5-2-3-14(16,17)4-6-23/h7H,2-6H2,1H3,(H,22,24)(H,25,26). The first kappa shape index (κ1) is 20.6. The average Bonchev–Trinajstić information content (AvgIpc) is 2.71. The van der Waals surface area contributed by atoms with E-state index in [0.29, 0.717) is 6.20 Å². The molecule has 0 bridgehead atoms. The number of anilines is 1. The summed E-state index contributed by atoms with van der Waals surface area (Å²) in [6.45, 7) is 0.828. The molecule has 27 heavy (non-hydrogen) atoms. The van der Waals surface area contributed by atoms with Crippen LogP contribution in [0.4, 0.5) is 32.6 Å². The molecule has 7 nitrogen and oxygen atoms in total. The van der Waals surface area contributed by atoms with Crippen LogP contribution in [0.5, 0.6) is 0 Å². The summed E-state index contributed by atoms with van der Waals surface area (Å²) in [5.41, 5.74) is -0.799. The van der Waals surface area contributed by atoms with Gasteiger partial charge in [-0.1, -0.05) is 0 Å². The Labute approximate surface area is 150 Å². The molecular formula is C15H16F5N3O4. The van der Waals surface area contributed by atoms with Gasteiger partial charge in [0.2, 0.25) is 5.92 Å². The van der Waals surface area contributed by atoms with Crippen molar-refractivity contribution in [1.82, 2.24) is 10.5 Å². The molecule has 0 unspecified atom stereocenters. The van der Waals surface area contributed by atoms with Crippen LogP contribution in [0, 0.1) is 6.92 Å². The lowest BCUT2D eigenvalue weighted by Gasteiger charge is -2.26. The van der Waals surface area contributed by atoms with Crippen LogP contribution >= 0.6 is 0 Å². The normalized spacial score (nSPS) is 17.2. The first-order valence-corrected chi connectivity index (χ1v) is 7.82. The summed E-state index contributed by atoms with van der Waals surface area (Å²) in [7, 11) is 0. The fraction of sp³-hybridized carbons (Fsp3) is 0.533. The third-order valence-electron chi connectivity index (χ3n) is 4.10. The molecule has 1 saturated heterocycles. The van der Waals surface area contributed by atoms with Crippen LogP contribution in [0.2, 0.25) is 0 Å². The molecule has 1 aliphatic rings. The molecule has 0 aromatic carbocycles. The van der Waals surface area contributed by atoms with E-state index < -0.39 is 53.7 Å². The Bertz CT molecular complexity index is 739. The van der Waals surface area contributed by atoms with Gasteiger partial charge in [-0.05, 0) is 18.9 Å². The maximum Gasteiger partial charge on any atom is 0.530 e. The van der Waals surface area contributed by atoms with Crippen molar-refractivity contribution in [2.24, 2.45) is 0 Å². The van der Waals surface area contributed by atoms with E-state index in [1.165, 1.54) is 10.4 Å². The van der Waals surface area contributed by atoms with E-state index in [-0.39, 0.29) is 25.3 Å². The van der Waals surface area contributed by atoms with E-state index in [2.05, 4.69) is 9.82 Å². The molecule has 1 aromatic heterocycles. The number of halogens is 5. The number of hydrogen-bond acceptors (Lipinski definition) is 5. The molecule has 2 heterocycles. The lowest BCUT2D eigenvalue weighted by atomic mass is 10.0. The maximum atomic E-state index is 13.6. The molecule has 0 aliphatic carbocycles. The Morgan fingerprint density at radius 1 is 1.30 bits per heavy atom. The van der Waals surface area contributed by atoms with Gasteiger partial charge in [0.05, 0.1) is 11.1 Å². The molecule has 1 aliphatic heterocycles. The van der Waals surface area contributed by atoms with Gasteiger partial charge >= 0.3 is 12.3 Å². The van der Waals surface area contributed by atoms with E-state index in [4.69, 9.17) is 5.11 Å². The number of alkyl halides is 5. The van der Waals surface area contributed by atoms with Crippen molar-refractivity contribution in [3.8, 4) is 0 Å². The molecule has 0 radical (unpaired) electrons. The van der Waals surface area contributed by atoms with Crippen molar-refractivity contribution in [3.63, 3.8) is 0 Å². The topological polar surface area (TPSA) is 91.8 Å². The predicted octanol–water partition coefficient (Wildman–Crippen LogP) is 3.37. The highest BCUT2D eigenvalue weighted by Crippen LogP contribution is 2.36. The van der Waals surface area contributed by atoms with Crippen molar-refractivity contribution in [2.45, 2.75) is 38.3 Å². The van der Waals surface area contributed by atoms with Crippen LogP contribution in [0.25, 0.3) is 0 Å². The molecule has 1 aromatic rings. The van der Waals surface area contributed by atoms with E-state index in [1.807, 2.05) is 0 Å². The highest BCUT2D eigenvalue weighted by Gasteiger charge is 2.38. The van der Waals surface area contributed by atoms with Gasteiger partial charge in [0, 0.05) is 32.1 Å². The largest absolute Gasteiger partial charge is 0.530 e. The Balaban J connectivity index is 2.48. The number of nitrogens with zero attached hydrogens (tertiary/aromatic N) is 2. The van der Waals surface area contributed by atoms with Crippen LogP contribution in [-0.2, 0) is 11.0 Å². The molecular weight excluding hydrogens is 381 g/mol. The minimum atomic E-state index is -4.82. The Morgan fingerprint density at radius 3 is 2.56 bits per heavy atom. The zero-order valence-electron chi connectivity index (χ0n) is 14.1. The predicted molar refractivity (Wildman–Crippen MR) is 81.6 cm³/mol. The van der Waals surface area contributed by atoms with E-state index in [9.17, 15) is 31.5 Å². The number of carbonyl (C=O) groups excluding carboxylic acids is 1. The molecule has 2 rings (SSSR count). The Kier molecular flexibility index (Phi) is 5.76. The number of hydrogen-bond donors (Lipinski definition) is 2. The molecule has 12 heteroatoms. The first-order valence-electron chi connectivity index (χ1n) is 7.82. The monoisotopic (exact) mass is 397 g/mol. The van der Waals surface area contributed by atoms with E-state index in [1.54, 1.807) is 0 Å². The van der Waals surface area contributed by atoms with Gasteiger partial charge in [0.15, 0.2) is 0 Å². The zero-order valence-corrected chi connectivity index (χ0v) is 14.1. The van der Waals surface area contributed by atoms with Gasteiger partial charge in [-0.2, -0.15) is 18.7 Å². The average molecular weight is 397 g/mol. The first-order chi connectivity index (χ1) is 12.4. The molecule has 0 atom stereocenters. The van der Waals surface area contributed by atoms with Gasteiger partial charge in [-0.25, -0.2) is 18.6 Å². The quantitative estimate of drug-likeness (QED) is 0.587. The summed E-state index contributed by atoms with van der Waals surface area (Å²) in [6, 6.07) is 0. The second-order valence-corrected chi connectivity index (χ2v) is 5.99. The second-order valence-electron chi connectivity index (χ2n) is 5.99. The lowest BCUT2D eigenvalue weighted by Crippen LogP contribution is -2.33. The van der Waals surface area contributed by atoms with Gasteiger partial charge in [0.25, 0.3) is 5.91 Å². The van der Waals surface area contributed by atoms with Gasteiger partial charge < -0.3 is 14.8 Å². The molecule has 1 fully saturated rings. The van der Waals surface area contributed by atoms with Gasteiger partial charge in [0.1, 0.15) is 5.82 Å². The molecule has 0 saturated carbocycles. The number of carboxylic acid groups (broad SMARTS) is 1. The molecule has 150 valence electrons. The van der Waals surface area contributed by atoms with Gasteiger partial charge in [-0.3, -0.25) is 4.79 Å². The Hall–Kier alpha value is -2.66. The van der Waals surface area contributed by atoms with Crippen molar-refractivity contribution >= 4 is 17.9 Å². The minimum Gasteiger partial charge on any atom is -0.448 e. The lowest BCUT2D eigenvalue weighted by molar-refractivity contribution is -0.138. The minimum absolute atomic E-state index is 0.0431. The third kappa shape index (κ3) is 4.95. The zero-order chi connectivity index (χ0) is 20.4. The van der Waals surface area contributed by atoms with Crippen molar-refractivity contribution in [3.05, 3.63) is 22.9 Å². The van der Waals surface area contributed by atoms with Crippen LogP contribution in [0.15, 0.2) is 6.20 Å². The van der Waals surface area contributed by atoms with E-state index in [0.717, 1.165) is 6.92 Å². The number of carbonyl (C=O) groups is 2.